The van der Waals surface area contributed by atoms with Crippen molar-refractivity contribution in [2.24, 2.45) is 0 Å². The van der Waals surface area contributed by atoms with Crippen LogP contribution in [0.1, 0.15) is 26.7 Å². The number of amides is 2. The Hall–Kier alpha value is -1.62. The van der Waals surface area contributed by atoms with Crippen LogP contribution in [-0.4, -0.2) is 42.5 Å². The van der Waals surface area contributed by atoms with Gasteiger partial charge in [-0.2, -0.15) is 0 Å². The van der Waals surface area contributed by atoms with E-state index in [9.17, 15) is 9.59 Å². The summed E-state index contributed by atoms with van der Waals surface area (Å²) in [5.74, 6) is -0.0312. The number of nitrogens with zero attached hydrogens (tertiary/aromatic N) is 1. The third-order valence-corrected chi connectivity index (χ3v) is 3.47. The van der Waals surface area contributed by atoms with E-state index in [-0.39, 0.29) is 11.4 Å². The van der Waals surface area contributed by atoms with Crippen molar-refractivity contribution >= 4 is 12.3 Å². The fraction of sp³-hybridized carbons (Fsp3) is 0.571. The quantitative estimate of drug-likeness (QED) is 0.468. The van der Waals surface area contributed by atoms with E-state index in [4.69, 9.17) is 4.74 Å². The topological polar surface area (TPSA) is 58.6 Å². The first-order valence-electron chi connectivity index (χ1n) is 6.53. The molecule has 1 aliphatic heterocycles. The number of hydrogen-bond acceptors (Lipinski definition) is 3. The lowest BCUT2D eigenvalue weighted by molar-refractivity contribution is -0.137. The first kappa shape index (κ1) is 13.8. The highest BCUT2D eigenvalue weighted by molar-refractivity contribution is 5.97. The van der Waals surface area contributed by atoms with Gasteiger partial charge in [-0.1, -0.05) is 5.57 Å². The molecule has 2 amide bonds. The summed E-state index contributed by atoms with van der Waals surface area (Å²) in [6.45, 7) is 5.68. The van der Waals surface area contributed by atoms with Gasteiger partial charge >= 0.3 is 0 Å². The van der Waals surface area contributed by atoms with Crippen molar-refractivity contribution in [1.82, 2.24) is 10.2 Å². The van der Waals surface area contributed by atoms with Gasteiger partial charge in [0.2, 0.25) is 6.41 Å². The first-order chi connectivity index (χ1) is 9.09. The van der Waals surface area contributed by atoms with Crippen LogP contribution < -0.4 is 5.32 Å². The van der Waals surface area contributed by atoms with E-state index < -0.39 is 0 Å². The van der Waals surface area contributed by atoms with Gasteiger partial charge in [-0.05, 0) is 32.8 Å². The molecule has 5 nitrogen and oxygen atoms in total. The van der Waals surface area contributed by atoms with Gasteiger partial charge in [0.1, 0.15) is 0 Å². The molecule has 2 rings (SSSR count). The Kier molecular flexibility index (Phi) is 4.04. The molecule has 0 aromatic heterocycles. The Morgan fingerprint density at radius 1 is 1.37 bits per heavy atom. The zero-order chi connectivity index (χ0) is 13.9. The number of nitrogens with one attached hydrogen (secondary N) is 1. The van der Waals surface area contributed by atoms with Crippen molar-refractivity contribution < 1.29 is 14.3 Å². The predicted molar refractivity (Wildman–Crippen MR) is 71.2 cm³/mol. The van der Waals surface area contributed by atoms with Crippen LogP contribution >= 0.6 is 0 Å². The van der Waals surface area contributed by atoms with Crippen LogP contribution in [0.15, 0.2) is 23.4 Å². The zero-order valence-electron chi connectivity index (χ0n) is 11.4. The maximum atomic E-state index is 12.6. The highest BCUT2D eigenvalue weighted by Gasteiger charge is 2.52. The molecule has 0 atom stereocenters. The Bertz CT molecular complexity index is 432. The molecule has 1 spiro atoms. The molecule has 1 aliphatic carbocycles. The van der Waals surface area contributed by atoms with Crippen LogP contribution in [0.4, 0.5) is 0 Å². The van der Waals surface area contributed by atoms with Crippen LogP contribution in [0.3, 0.4) is 0 Å². The molecule has 2 aliphatic rings. The van der Waals surface area contributed by atoms with E-state index >= 15 is 0 Å². The van der Waals surface area contributed by atoms with E-state index in [0.717, 1.165) is 18.4 Å². The van der Waals surface area contributed by atoms with E-state index in [1.807, 2.05) is 18.7 Å². The SMILES string of the molecule is CC(C)=C/C(=C\NC=O)C(=O)N1CCOCC12CC2. The smallest absolute Gasteiger partial charge is 0.255 e. The maximum Gasteiger partial charge on any atom is 0.255 e. The number of allylic oxidation sites excluding steroid dienone is 1. The number of ether oxygens (including phenoxy) is 1. The summed E-state index contributed by atoms with van der Waals surface area (Å²) in [6, 6.07) is 0. The van der Waals surface area contributed by atoms with Gasteiger partial charge in [0.05, 0.1) is 24.3 Å². The van der Waals surface area contributed by atoms with Gasteiger partial charge in [0, 0.05) is 12.7 Å². The van der Waals surface area contributed by atoms with Gasteiger partial charge in [-0.25, -0.2) is 0 Å². The molecule has 1 saturated carbocycles. The molecular weight excluding hydrogens is 244 g/mol. The highest BCUT2D eigenvalue weighted by Crippen LogP contribution is 2.44. The third-order valence-electron chi connectivity index (χ3n) is 3.47. The summed E-state index contributed by atoms with van der Waals surface area (Å²) >= 11 is 0. The molecule has 1 heterocycles. The van der Waals surface area contributed by atoms with Gasteiger partial charge in [-0.3, -0.25) is 9.59 Å². The molecule has 5 heteroatoms. The number of carbonyl (C=O) groups excluding carboxylic acids is 2. The summed E-state index contributed by atoms with van der Waals surface area (Å²) in [6.07, 6.45) is 5.83. The van der Waals surface area contributed by atoms with Crippen molar-refractivity contribution in [3.8, 4) is 0 Å². The summed E-state index contributed by atoms with van der Waals surface area (Å²) < 4.78 is 5.47. The number of rotatable bonds is 4. The standard InChI is InChI=1S/C14H20N2O3/c1-11(2)7-12(8-15-10-17)13(18)16-5-6-19-9-14(16)3-4-14/h7-8,10H,3-6,9H2,1-2H3,(H,15,17)/b12-8+. The molecule has 2 fully saturated rings. The van der Waals surface area contributed by atoms with Gasteiger partial charge in [0.25, 0.3) is 5.91 Å². The lowest BCUT2D eigenvalue weighted by Crippen LogP contribution is -2.51. The molecule has 0 aromatic rings. The Balaban J connectivity index is 2.19. The normalized spacial score (nSPS) is 20.9. The van der Waals surface area contributed by atoms with Crippen molar-refractivity contribution in [2.75, 3.05) is 19.8 Å². The molecule has 1 saturated heterocycles. The average Bonchev–Trinajstić information content (AvgIpc) is 3.14. The van der Waals surface area contributed by atoms with Gasteiger partial charge in [-0.15, -0.1) is 0 Å². The number of carbonyl (C=O) groups is 2. The number of morpholine rings is 1. The van der Waals surface area contributed by atoms with Crippen LogP contribution in [0.25, 0.3) is 0 Å². The molecule has 0 radical (unpaired) electrons. The van der Waals surface area contributed by atoms with Crippen LogP contribution in [-0.2, 0) is 14.3 Å². The lowest BCUT2D eigenvalue weighted by atomic mass is 10.1. The minimum absolute atomic E-state index is 0.0312. The molecule has 1 N–H and O–H groups in total. The molecule has 19 heavy (non-hydrogen) atoms. The maximum absolute atomic E-state index is 12.6. The van der Waals surface area contributed by atoms with E-state index in [2.05, 4.69) is 5.32 Å². The minimum Gasteiger partial charge on any atom is -0.377 e. The van der Waals surface area contributed by atoms with Gasteiger partial charge in [0.15, 0.2) is 0 Å². The summed E-state index contributed by atoms with van der Waals surface area (Å²) in [5.41, 5.74) is 1.44. The molecule has 0 aromatic carbocycles. The fourth-order valence-electron chi connectivity index (χ4n) is 2.36. The van der Waals surface area contributed by atoms with Crippen molar-refractivity contribution in [2.45, 2.75) is 32.2 Å². The zero-order valence-corrected chi connectivity index (χ0v) is 11.4. The first-order valence-corrected chi connectivity index (χ1v) is 6.53. The van der Waals surface area contributed by atoms with Crippen molar-refractivity contribution in [3.63, 3.8) is 0 Å². The highest BCUT2D eigenvalue weighted by atomic mass is 16.5. The fourth-order valence-corrected chi connectivity index (χ4v) is 2.36. The molecular formula is C14H20N2O3. The van der Waals surface area contributed by atoms with E-state index in [1.165, 1.54) is 6.20 Å². The van der Waals surface area contributed by atoms with Crippen molar-refractivity contribution in [3.05, 3.63) is 23.4 Å². The second-order valence-electron chi connectivity index (χ2n) is 5.34. The van der Waals surface area contributed by atoms with Crippen LogP contribution in [0.5, 0.6) is 0 Å². The third kappa shape index (κ3) is 3.04. The molecule has 104 valence electrons. The van der Waals surface area contributed by atoms with Crippen LogP contribution in [0.2, 0.25) is 0 Å². The second kappa shape index (κ2) is 5.57. The molecule has 0 unspecified atom stereocenters. The molecule has 0 bridgehead atoms. The van der Waals surface area contributed by atoms with E-state index in [1.54, 1.807) is 6.08 Å². The Labute approximate surface area is 113 Å². The summed E-state index contributed by atoms with van der Waals surface area (Å²) in [4.78, 5) is 24.9. The Morgan fingerprint density at radius 3 is 2.68 bits per heavy atom. The summed E-state index contributed by atoms with van der Waals surface area (Å²) in [5, 5.41) is 2.46. The van der Waals surface area contributed by atoms with Crippen molar-refractivity contribution in [1.29, 1.82) is 0 Å². The van der Waals surface area contributed by atoms with Crippen LogP contribution in [0, 0.1) is 0 Å². The Morgan fingerprint density at radius 2 is 2.11 bits per heavy atom. The summed E-state index contributed by atoms with van der Waals surface area (Å²) in [7, 11) is 0. The average molecular weight is 264 g/mol. The monoisotopic (exact) mass is 264 g/mol. The largest absolute Gasteiger partial charge is 0.377 e. The lowest BCUT2D eigenvalue weighted by Gasteiger charge is -2.36. The number of hydrogen-bond donors (Lipinski definition) is 1. The van der Waals surface area contributed by atoms with Gasteiger partial charge < -0.3 is 15.0 Å². The van der Waals surface area contributed by atoms with E-state index in [0.29, 0.717) is 31.7 Å². The second-order valence-corrected chi connectivity index (χ2v) is 5.34. The predicted octanol–water partition coefficient (Wildman–Crippen LogP) is 0.974. The minimum atomic E-state index is -0.0922.